The Bertz CT molecular complexity index is 1920. The number of nitrogens with zero attached hydrogens (tertiary/aromatic N) is 5. The lowest BCUT2D eigenvalue weighted by atomic mass is 10.0. The highest BCUT2D eigenvalue weighted by Crippen LogP contribution is 2.37. The molecule has 5 rings (SSSR count). The molecule has 15 heteroatoms. The number of fused-ring (bicyclic) bond motifs is 1. The minimum atomic E-state index is -4.57. The second kappa shape index (κ2) is 11.8. The number of carbonyl (C=O) groups excluding carboxylic acids is 2. The van der Waals surface area contributed by atoms with E-state index >= 15 is 0 Å². The van der Waals surface area contributed by atoms with Gasteiger partial charge in [-0.3, -0.25) is 9.59 Å². The van der Waals surface area contributed by atoms with E-state index in [1.165, 1.54) is 24.0 Å². The van der Waals surface area contributed by atoms with E-state index in [9.17, 15) is 18.0 Å². The van der Waals surface area contributed by atoms with Gasteiger partial charge < -0.3 is 5.73 Å². The van der Waals surface area contributed by atoms with E-state index in [-0.39, 0.29) is 17.0 Å². The van der Waals surface area contributed by atoms with Crippen LogP contribution in [0.15, 0.2) is 84.1 Å². The summed E-state index contributed by atoms with van der Waals surface area (Å²) in [6.45, 7) is -0.720. The number of nitrogens with one attached hydrogen (secondary N) is 2. The standard InChI is InChI=1S/C27H22Cl2N8O4S/c1-31-36(22-8-4-5-13-32-22)27(39)23-25-33-14-19(18-6-2-3-7-20(18)29)24(16-9-11-17(28)12-10-16)37(25)35-26(23)42(40,41)34-15-21(30)38/h2-14,31,34H,15H2,1H3,(H2,30,38). The van der Waals surface area contributed by atoms with E-state index in [1.54, 1.807) is 66.7 Å². The van der Waals surface area contributed by atoms with Gasteiger partial charge >= 0.3 is 0 Å². The summed E-state index contributed by atoms with van der Waals surface area (Å²) in [5, 5.41) is 5.64. The van der Waals surface area contributed by atoms with Gasteiger partial charge in [0.15, 0.2) is 5.65 Å². The average Bonchev–Trinajstić information content (AvgIpc) is 3.38. The highest BCUT2D eigenvalue weighted by Gasteiger charge is 2.35. The molecule has 0 spiro atoms. The molecule has 0 saturated carbocycles. The first-order chi connectivity index (χ1) is 20.1. The zero-order chi connectivity index (χ0) is 30.0. The Morgan fingerprint density at radius 3 is 2.33 bits per heavy atom. The van der Waals surface area contributed by atoms with Crippen LogP contribution in [0, 0.1) is 0 Å². The van der Waals surface area contributed by atoms with Crippen molar-refractivity contribution in [1.82, 2.24) is 29.7 Å². The number of amides is 2. The van der Waals surface area contributed by atoms with E-state index in [0.717, 1.165) is 5.01 Å². The lowest BCUT2D eigenvalue weighted by molar-refractivity contribution is -0.116. The molecule has 5 aromatic rings. The van der Waals surface area contributed by atoms with Gasteiger partial charge in [-0.25, -0.2) is 38.1 Å². The number of hydrazine groups is 1. The van der Waals surface area contributed by atoms with Crippen molar-refractivity contribution in [2.45, 2.75) is 5.03 Å². The van der Waals surface area contributed by atoms with Gasteiger partial charge in [0.05, 0.1) is 12.2 Å². The molecule has 0 unspecified atom stereocenters. The number of nitrogens with two attached hydrogens (primary N) is 1. The monoisotopic (exact) mass is 624 g/mol. The normalized spacial score (nSPS) is 11.5. The molecule has 0 atom stereocenters. The van der Waals surface area contributed by atoms with Gasteiger partial charge in [0.2, 0.25) is 10.9 Å². The van der Waals surface area contributed by atoms with Crippen LogP contribution in [-0.4, -0.2) is 53.4 Å². The summed E-state index contributed by atoms with van der Waals surface area (Å²) in [5.41, 5.74) is 9.49. The molecule has 0 saturated heterocycles. The number of primary amides is 1. The molecule has 3 aromatic heterocycles. The maximum Gasteiger partial charge on any atom is 0.280 e. The van der Waals surface area contributed by atoms with Gasteiger partial charge in [-0.15, -0.1) is 0 Å². The van der Waals surface area contributed by atoms with Crippen molar-refractivity contribution in [1.29, 1.82) is 0 Å². The summed E-state index contributed by atoms with van der Waals surface area (Å²) in [6, 6.07) is 18.7. The Morgan fingerprint density at radius 1 is 0.976 bits per heavy atom. The Hall–Kier alpha value is -4.40. The summed E-state index contributed by atoms with van der Waals surface area (Å²) in [7, 11) is -3.10. The lowest BCUT2D eigenvalue weighted by Crippen LogP contribution is -2.42. The SMILES string of the molecule is CNN(C(=O)c1c(S(=O)(=O)NCC(N)=O)nn2c(-c3ccc(Cl)cc3)c(-c3ccccc3Cl)cnc12)c1ccccn1. The molecular formula is C27H22Cl2N8O4S. The molecule has 0 aliphatic heterocycles. The van der Waals surface area contributed by atoms with Gasteiger partial charge in [-0.1, -0.05) is 59.6 Å². The zero-order valence-electron chi connectivity index (χ0n) is 21.8. The van der Waals surface area contributed by atoms with Crippen LogP contribution in [0.1, 0.15) is 10.4 Å². The number of pyridine rings is 1. The van der Waals surface area contributed by atoms with Crippen LogP contribution in [0.3, 0.4) is 0 Å². The number of benzene rings is 2. The summed E-state index contributed by atoms with van der Waals surface area (Å²) in [6.07, 6.45) is 2.96. The molecule has 42 heavy (non-hydrogen) atoms. The van der Waals surface area contributed by atoms with Crippen LogP contribution in [0.5, 0.6) is 0 Å². The number of aromatic nitrogens is 4. The van der Waals surface area contributed by atoms with Crippen molar-refractivity contribution >= 4 is 56.5 Å². The molecule has 0 bridgehead atoms. The number of hydrogen-bond acceptors (Lipinski definition) is 8. The fourth-order valence-corrected chi connectivity index (χ4v) is 5.72. The molecule has 0 radical (unpaired) electrons. The van der Waals surface area contributed by atoms with Gasteiger partial charge in [-0.2, -0.15) is 5.10 Å². The molecule has 2 aromatic carbocycles. The predicted molar refractivity (Wildman–Crippen MR) is 158 cm³/mol. The third-order valence-corrected chi connectivity index (χ3v) is 8.00. The molecule has 214 valence electrons. The molecule has 12 nitrogen and oxygen atoms in total. The van der Waals surface area contributed by atoms with Crippen LogP contribution in [-0.2, 0) is 14.8 Å². The van der Waals surface area contributed by atoms with Crippen LogP contribution >= 0.6 is 23.2 Å². The Kier molecular flexibility index (Phi) is 8.20. The Labute approximate surface area is 250 Å². The van der Waals surface area contributed by atoms with E-state index in [4.69, 9.17) is 28.9 Å². The largest absolute Gasteiger partial charge is 0.369 e. The highest BCUT2D eigenvalue weighted by molar-refractivity contribution is 7.89. The van der Waals surface area contributed by atoms with Crippen molar-refractivity contribution in [3.63, 3.8) is 0 Å². The number of rotatable bonds is 9. The fraction of sp³-hybridized carbons (Fsp3) is 0.0741. The van der Waals surface area contributed by atoms with Gasteiger partial charge in [0.25, 0.3) is 15.9 Å². The van der Waals surface area contributed by atoms with Crippen molar-refractivity contribution in [3.05, 3.63) is 94.7 Å². The van der Waals surface area contributed by atoms with Crippen LogP contribution in [0.25, 0.3) is 28.0 Å². The maximum atomic E-state index is 14.1. The molecule has 3 heterocycles. The molecule has 0 aliphatic carbocycles. The van der Waals surface area contributed by atoms with E-state index in [0.29, 0.717) is 32.4 Å². The van der Waals surface area contributed by atoms with E-state index in [1.807, 2.05) is 0 Å². The second-order valence-corrected chi connectivity index (χ2v) is 11.3. The Morgan fingerprint density at radius 2 is 1.69 bits per heavy atom. The van der Waals surface area contributed by atoms with Gasteiger partial charge in [0, 0.05) is 46.2 Å². The number of halogens is 2. The van der Waals surface area contributed by atoms with Crippen LogP contribution < -0.4 is 20.9 Å². The lowest BCUT2D eigenvalue weighted by Gasteiger charge is -2.20. The van der Waals surface area contributed by atoms with Gasteiger partial charge in [0.1, 0.15) is 11.4 Å². The number of hydrogen-bond donors (Lipinski definition) is 3. The van der Waals surface area contributed by atoms with Crippen molar-refractivity contribution in [2.24, 2.45) is 5.73 Å². The molecule has 0 fully saturated rings. The first-order valence-corrected chi connectivity index (χ1v) is 14.5. The summed E-state index contributed by atoms with van der Waals surface area (Å²) in [4.78, 5) is 34.2. The summed E-state index contributed by atoms with van der Waals surface area (Å²) >= 11 is 12.7. The highest BCUT2D eigenvalue weighted by atomic mass is 35.5. The predicted octanol–water partition coefficient (Wildman–Crippen LogP) is 3.31. The quantitative estimate of drug-likeness (QED) is 0.210. The molecule has 4 N–H and O–H groups in total. The number of carbonyl (C=O) groups is 2. The van der Waals surface area contributed by atoms with E-state index < -0.39 is 33.4 Å². The van der Waals surface area contributed by atoms with Crippen LogP contribution in [0.4, 0.5) is 5.82 Å². The molecular weight excluding hydrogens is 603 g/mol. The second-order valence-electron chi connectivity index (χ2n) is 8.77. The number of anilines is 1. The third kappa shape index (κ3) is 5.55. The van der Waals surface area contributed by atoms with Crippen molar-refractivity contribution in [2.75, 3.05) is 18.6 Å². The molecule has 2 amide bonds. The molecule has 0 aliphatic rings. The fourth-order valence-electron chi connectivity index (χ4n) is 4.26. The van der Waals surface area contributed by atoms with Crippen LogP contribution in [0.2, 0.25) is 10.0 Å². The topological polar surface area (TPSA) is 165 Å². The smallest absolute Gasteiger partial charge is 0.280 e. The minimum Gasteiger partial charge on any atom is -0.369 e. The third-order valence-electron chi connectivity index (χ3n) is 6.10. The first-order valence-electron chi connectivity index (χ1n) is 12.3. The van der Waals surface area contributed by atoms with Crippen molar-refractivity contribution < 1.29 is 18.0 Å². The summed E-state index contributed by atoms with van der Waals surface area (Å²) in [5.74, 6) is -1.57. The maximum absolute atomic E-state index is 14.1. The van der Waals surface area contributed by atoms with Crippen molar-refractivity contribution in [3.8, 4) is 22.4 Å². The van der Waals surface area contributed by atoms with E-state index in [2.05, 4.69) is 25.2 Å². The first kappa shape index (κ1) is 29.1. The minimum absolute atomic E-state index is 0.0867. The zero-order valence-corrected chi connectivity index (χ0v) is 24.2. The Balaban J connectivity index is 1.86. The van der Waals surface area contributed by atoms with Gasteiger partial charge in [-0.05, 0) is 30.3 Å². The average molecular weight is 625 g/mol. The summed E-state index contributed by atoms with van der Waals surface area (Å²) < 4.78 is 30.4. The number of sulfonamides is 1.